The van der Waals surface area contributed by atoms with Gasteiger partial charge < -0.3 is 10.6 Å². The molecule has 10 nitrogen and oxygen atoms in total. The van der Waals surface area contributed by atoms with Gasteiger partial charge in [-0.15, -0.1) is 0 Å². The number of halogens is 3. The molecule has 0 spiro atoms. The van der Waals surface area contributed by atoms with Crippen molar-refractivity contribution < 1.29 is 37.1 Å². The summed E-state index contributed by atoms with van der Waals surface area (Å²) in [7, 11) is 0. The Labute approximate surface area is 237 Å². The molecule has 0 bridgehead atoms. The second kappa shape index (κ2) is 10.4. The number of carbonyl (C=O) groups excluding carboxylic acids is 5. The van der Waals surface area contributed by atoms with Gasteiger partial charge in [-0.3, -0.25) is 34.4 Å². The molecule has 42 heavy (non-hydrogen) atoms. The summed E-state index contributed by atoms with van der Waals surface area (Å²) in [5, 5.41) is 7.60. The van der Waals surface area contributed by atoms with Crippen molar-refractivity contribution in [2.75, 3.05) is 5.32 Å². The molecule has 3 N–H and O–H groups in total. The number of rotatable bonds is 5. The Balaban J connectivity index is 1.25. The molecule has 2 aliphatic rings. The number of nitrogens with zero attached hydrogens (tertiary/aromatic N) is 2. The average molecular weight is 580 g/mol. The highest BCUT2D eigenvalue weighted by Crippen LogP contribution is 2.31. The van der Waals surface area contributed by atoms with E-state index in [0.29, 0.717) is 16.7 Å². The quantitative estimate of drug-likeness (QED) is 0.387. The van der Waals surface area contributed by atoms with Crippen LogP contribution in [-0.2, 0) is 21.3 Å². The van der Waals surface area contributed by atoms with E-state index in [4.69, 9.17) is 0 Å². The molecule has 13 heteroatoms. The van der Waals surface area contributed by atoms with Gasteiger partial charge in [0.1, 0.15) is 11.7 Å². The zero-order chi connectivity index (χ0) is 30.4. The Morgan fingerprint density at radius 3 is 2.21 bits per heavy atom. The zero-order valence-corrected chi connectivity index (χ0v) is 22.3. The lowest BCUT2D eigenvalue weighted by Gasteiger charge is -2.27. The first-order chi connectivity index (χ1) is 19.7. The second-order valence-corrected chi connectivity index (χ2v) is 10.4. The fourth-order valence-electron chi connectivity index (χ4n) is 4.88. The lowest BCUT2D eigenvalue weighted by Crippen LogP contribution is -2.54. The number of pyridine rings is 1. The van der Waals surface area contributed by atoms with Gasteiger partial charge in [0.05, 0.1) is 16.7 Å². The fourth-order valence-corrected chi connectivity index (χ4v) is 4.88. The standard InChI is InChI=1S/C29H24F3N5O5/c1-28(2,17-6-3-15(4-7-17)16-5-11-22(33-14-16)29(30,31)32)36-27(42)34-18-8-9-19-20(13-18)26(41)37(25(19)40)21-10-12-23(38)35-24(21)39/h3-9,11,13-14,21H,10,12H2,1-2H3,(H2,34,36,42)(H,35,38,39). The van der Waals surface area contributed by atoms with Crippen LogP contribution in [0.1, 0.15) is 58.7 Å². The first kappa shape index (κ1) is 28.5. The monoisotopic (exact) mass is 579 g/mol. The van der Waals surface area contributed by atoms with E-state index in [9.17, 15) is 37.1 Å². The van der Waals surface area contributed by atoms with E-state index in [-0.39, 0.29) is 29.7 Å². The van der Waals surface area contributed by atoms with Crippen LogP contribution in [0.25, 0.3) is 11.1 Å². The number of urea groups is 1. The summed E-state index contributed by atoms with van der Waals surface area (Å²) in [6.45, 7) is 3.51. The minimum Gasteiger partial charge on any atom is -0.329 e. The highest BCUT2D eigenvalue weighted by atomic mass is 19.4. The molecular formula is C29H24F3N5O5. The maximum Gasteiger partial charge on any atom is 0.433 e. The summed E-state index contributed by atoms with van der Waals surface area (Å²) in [6, 6.07) is 11.6. The number of aromatic nitrogens is 1. The third-order valence-electron chi connectivity index (χ3n) is 7.12. The number of hydrogen-bond donors (Lipinski definition) is 3. The Morgan fingerprint density at radius 2 is 1.60 bits per heavy atom. The van der Waals surface area contributed by atoms with E-state index in [1.165, 1.54) is 24.3 Å². The maximum atomic E-state index is 13.0. The van der Waals surface area contributed by atoms with Crippen molar-refractivity contribution in [2.24, 2.45) is 0 Å². The molecule has 1 aromatic heterocycles. The van der Waals surface area contributed by atoms with Crippen molar-refractivity contribution in [3.63, 3.8) is 0 Å². The van der Waals surface area contributed by atoms with Crippen molar-refractivity contribution in [2.45, 2.75) is 44.4 Å². The third-order valence-corrected chi connectivity index (χ3v) is 7.12. The van der Waals surface area contributed by atoms with Gasteiger partial charge in [0.2, 0.25) is 11.8 Å². The van der Waals surface area contributed by atoms with Crippen molar-refractivity contribution in [1.29, 1.82) is 0 Å². The van der Waals surface area contributed by atoms with Crippen molar-refractivity contribution in [3.05, 3.63) is 83.2 Å². The number of nitrogens with one attached hydrogen (secondary N) is 3. The van der Waals surface area contributed by atoms with Gasteiger partial charge in [-0.1, -0.05) is 30.3 Å². The molecule has 0 aliphatic carbocycles. The Hall–Kier alpha value is -5.07. The van der Waals surface area contributed by atoms with Gasteiger partial charge in [-0.05, 0) is 55.7 Å². The third kappa shape index (κ3) is 5.45. The minimum atomic E-state index is -4.53. The Kier molecular flexibility index (Phi) is 7.05. The highest BCUT2D eigenvalue weighted by Gasteiger charge is 2.44. The van der Waals surface area contributed by atoms with Crippen molar-refractivity contribution >= 4 is 35.3 Å². The molecule has 1 unspecified atom stereocenters. The van der Waals surface area contributed by atoms with Crippen LogP contribution in [0, 0.1) is 0 Å². The van der Waals surface area contributed by atoms with Crippen molar-refractivity contribution in [1.82, 2.24) is 20.5 Å². The number of imide groups is 2. The maximum absolute atomic E-state index is 13.0. The SMILES string of the molecule is CC(C)(NC(=O)Nc1ccc2c(c1)C(=O)N(C1CCC(=O)NC1=O)C2=O)c1ccc(-c2ccc(C(F)(F)F)nc2)cc1. The van der Waals surface area contributed by atoms with E-state index < -0.39 is 53.1 Å². The van der Waals surface area contributed by atoms with Gasteiger partial charge in [0, 0.05) is 23.9 Å². The normalized spacial score (nSPS) is 17.2. The molecule has 3 heterocycles. The molecule has 2 aliphatic heterocycles. The summed E-state index contributed by atoms with van der Waals surface area (Å²) in [5.41, 5.74) is 0.323. The predicted molar refractivity (Wildman–Crippen MR) is 143 cm³/mol. The molecule has 0 radical (unpaired) electrons. The number of amides is 6. The first-order valence-electron chi connectivity index (χ1n) is 12.8. The molecule has 1 fully saturated rings. The summed E-state index contributed by atoms with van der Waals surface area (Å²) in [6.07, 6.45) is -3.35. The Bertz CT molecular complexity index is 1620. The van der Waals surface area contributed by atoms with E-state index >= 15 is 0 Å². The number of anilines is 1. The molecule has 6 amide bonds. The Morgan fingerprint density at radius 1 is 0.929 bits per heavy atom. The van der Waals surface area contributed by atoms with E-state index in [1.54, 1.807) is 38.1 Å². The minimum absolute atomic E-state index is 0.00155. The van der Waals surface area contributed by atoms with E-state index in [1.807, 2.05) is 0 Å². The topological polar surface area (TPSA) is 138 Å². The average Bonchev–Trinajstić information content (AvgIpc) is 3.17. The van der Waals surface area contributed by atoms with Crippen molar-refractivity contribution in [3.8, 4) is 11.1 Å². The zero-order valence-electron chi connectivity index (χ0n) is 22.3. The van der Waals surface area contributed by atoms with Crippen LogP contribution in [0.2, 0.25) is 0 Å². The number of fused-ring (bicyclic) bond motifs is 1. The smallest absolute Gasteiger partial charge is 0.329 e. The molecule has 2 aromatic carbocycles. The summed E-state index contributed by atoms with van der Waals surface area (Å²) >= 11 is 0. The van der Waals surface area contributed by atoms with Gasteiger partial charge in [-0.2, -0.15) is 13.2 Å². The molecule has 1 atom stereocenters. The van der Waals surface area contributed by atoms with Crippen LogP contribution in [0.5, 0.6) is 0 Å². The molecule has 216 valence electrons. The van der Waals surface area contributed by atoms with Crippen LogP contribution in [0.3, 0.4) is 0 Å². The van der Waals surface area contributed by atoms with Gasteiger partial charge in [-0.25, -0.2) is 4.79 Å². The van der Waals surface area contributed by atoms with E-state index in [2.05, 4.69) is 20.9 Å². The van der Waals surface area contributed by atoms with Gasteiger partial charge in [0.15, 0.2) is 0 Å². The van der Waals surface area contributed by atoms with Crippen LogP contribution in [-0.4, -0.2) is 45.6 Å². The van der Waals surface area contributed by atoms with Gasteiger partial charge >= 0.3 is 12.2 Å². The number of alkyl halides is 3. The fraction of sp³-hybridized carbons (Fsp3) is 0.241. The lowest BCUT2D eigenvalue weighted by molar-refractivity contribution is -0.141. The summed E-state index contributed by atoms with van der Waals surface area (Å²) in [4.78, 5) is 66.8. The van der Waals surface area contributed by atoms with Gasteiger partial charge in [0.25, 0.3) is 11.8 Å². The van der Waals surface area contributed by atoms with Crippen LogP contribution in [0.4, 0.5) is 23.7 Å². The van der Waals surface area contributed by atoms with E-state index in [0.717, 1.165) is 17.2 Å². The highest BCUT2D eigenvalue weighted by molar-refractivity contribution is 6.23. The number of carbonyl (C=O) groups is 5. The number of benzene rings is 2. The molecular weight excluding hydrogens is 555 g/mol. The molecule has 5 rings (SSSR count). The molecule has 3 aromatic rings. The second-order valence-electron chi connectivity index (χ2n) is 10.4. The number of hydrogen-bond acceptors (Lipinski definition) is 6. The van der Waals surface area contributed by atoms with Crippen LogP contribution >= 0.6 is 0 Å². The number of piperidine rings is 1. The predicted octanol–water partition coefficient (Wildman–Crippen LogP) is 4.23. The molecule has 1 saturated heterocycles. The van der Waals surface area contributed by atoms with Crippen LogP contribution in [0.15, 0.2) is 60.8 Å². The summed E-state index contributed by atoms with van der Waals surface area (Å²) in [5.74, 6) is -2.54. The lowest BCUT2D eigenvalue weighted by atomic mass is 9.92. The van der Waals surface area contributed by atoms with Crippen LogP contribution < -0.4 is 16.0 Å². The largest absolute Gasteiger partial charge is 0.433 e. The summed E-state index contributed by atoms with van der Waals surface area (Å²) < 4.78 is 38.4. The molecule has 0 saturated carbocycles. The first-order valence-corrected chi connectivity index (χ1v) is 12.8.